The first-order valence-corrected chi connectivity index (χ1v) is 17.6. The van der Waals surface area contributed by atoms with Gasteiger partial charge in [0.2, 0.25) is 5.91 Å². The van der Waals surface area contributed by atoms with Crippen LogP contribution in [0.1, 0.15) is 138 Å². The van der Waals surface area contributed by atoms with E-state index >= 15 is 0 Å². The SMILES string of the molecule is C=C(C)[C@@H]1CC[C@]2(C(=O)NCCCCCCCN)CC[C@]3(C)[C@H](CCC4[C@@]5(C)CC[C@H](O)C(C)(C)[C@@H]5CC[C@]43C)[C@@H]12. The number of nitrogens with two attached hydrogens (primary N) is 1. The molecule has 5 rings (SSSR count). The Morgan fingerprint density at radius 1 is 0.829 bits per heavy atom. The number of hydrogen-bond acceptors (Lipinski definition) is 3. The number of aliphatic hydroxyl groups is 1. The Labute approximate surface area is 252 Å². The number of aliphatic hydroxyl groups excluding tert-OH is 1. The molecule has 4 heteroatoms. The van der Waals surface area contributed by atoms with Crippen LogP contribution in [0.15, 0.2) is 12.2 Å². The summed E-state index contributed by atoms with van der Waals surface area (Å²) >= 11 is 0. The highest BCUT2D eigenvalue weighted by molar-refractivity contribution is 5.83. The van der Waals surface area contributed by atoms with Crippen LogP contribution in [0.2, 0.25) is 0 Å². The van der Waals surface area contributed by atoms with Crippen LogP contribution in [0.25, 0.3) is 0 Å². The van der Waals surface area contributed by atoms with Gasteiger partial charge in [-0.25, -0.2) is 0 Å². The smallest absolute Gasteiger partial charge is 0.226 e. The lowest BCUT2D eigenvalue weighted by Crippen LogP contribution is -2.67. The summed E-state index contributed by atoms with van der Waals surface area (Å²) in [5.74, 6) is 3.14. The first-order chi connectivity index (χ1) is 19.3. The van der Waals surface area contributed by atoms with Crippen molar-refractivity contribution >= 4 is 5.91 Å². The molecule has 0 aromatic carbocycles. The molecule has 0 spiro atoms. The van der Waals surface area contributed by atoms with Crippen LogP contribution in [-0.4, -0.2) is 30.2 Å². The minimum atomic E-state index is -0.214. The molecule has 5 aliphatic carbocycles. The third kappa shape index (κ3) is 4.70. The summed E-state index contributed by atoms with van der Waals surface area (Å²) in [7, 11) is 0. The van der Waals surface area contributed by atoms with Crippen LogP contribution >= 0.6 is 0 Å². The Hall–Kier alpha value is -0.870. The molecule has 1 amide bonds. The van der Waals surface area contributed by atoms with E-state index in [1.165, 1.54) is 63.4 Å². The molecule has 234 valence electrons. The van der Waals surface area contributed by atoms with Crippen molar-refractivity contribution in [2.24, 2.45) is 62.4 Å². The Morgan fingerprint density at radius 3 is 2.24 bits per heavy atom. The van der Waals surface area contributed by atoms with Crippen molar-refractivity contribution in [2.45, 2.75) is 144 Å². The summed E-state index contributed by atoms with van der Waals surface area (Å²) in [4.78, 5) is 14.2. The molecule has 41 heavy (non-hydrogen) atoms. The van der Waals surface area contributed by atoms with E-state index in [1.54, 1.807) is 0 Å². The van der Waals surface area contributed by atoms with Crippen molar-refractivity contribution in [3.8, 4) is 0 Å². The highest BCUT2D eigenvalue weighted by Crippen LogP contribution is 2.77. The summed E-state index contributed by atoms with van der Waals surface area (Å²) in [6.45, 7) is 21.0. The molecule has 0 radical (unpaired) electrons. The predicted octanol–water partition coefficient (Wildman–Crippen LogP) is 8.03. The summed E-state index contributed by atoms with van der Waals surface area (Å²) in [5.41, 5.74) is 7.57. The lowest BCUT2D eigenvalue weighted by molar-refractivity contribution is -0.246. The standard InChI is InChI=1S/C37H64N2O2/c1-25(2)26-15-20-37(32(41)39-24-12-10-8-9-11-23-38)22-21-35(6)27(31(26)37)13-14-29-34(5)18-17-30(40)33(3,4)28(34)16-19-36(29,35)7/h26-31,40H,1,8-24,38H2,2-7H3,(H,39,41)/t26-,27+,28-,29?,30-,31+,34-,35+,36+,37-/m0/s1. The van der Waals surface area contributed by atoms with Crippen molar-refractivity contribution in [3.63, 3.8) is 0 Å². The van der Waals surface area contributed by atoms with E-state index in [4.69, 9.17) is 5.73 Å². The molecule has 5 aliphatic rings. The molecule has 0 saturated heterocycles. The summed E-state index contributed by atoms with van der Waals surface area (Å²) in [5, 5.41) is 14.5. The van der Waals surface area contributed by atoms with Crippen LogP contribution in [0, 0.1) is 56.7 Å². The Morgan fingerprint density at radius 2 is 1.54 bits per heavy atom. The molecule has 5 saturated carbocycles. The largest absolute Gasteiger partial charge is 0.393 e. The van der Waals surface area contributed by atoms with Gasteiger partial charge in [0.15, 0.2) is 0 Å². The fourth-order valence-corrected chi connectivity index (χ4v) is 12.7. The fourth-order valence-electron chi connectivity index (χ4n) is 12.7. The number of fused-ring (bicyclic) bond motifs is 7. The maximum atomic E-state index is 14.2. The summed E-state index contributed by atoms with van der Waals surface area (Å²) in [6.07, 6.45) is 17.2. The van der Waals surface area contributed by atoms with Crippen molar-refractivity contribution < 1.29 is 9.90 Å². The molecule has 4 N–H and O–H groups in total. The molecule has 10 atom stereocenters. The van der Waals surface area contributed by atoms with Gasteiger partial charge in [-0.2, -0.15) is 0 Å². The van der Waals surface area contributed by atoms with Crippen LogP contribution in [0.5, 0.6) is 0 Å². The molecule has 1 unspecified atom stereocenters. The van der Waals surface area contributed by atoms with E-state index in [9.17, 15) is 9.90 Å². The highest BCUT2D eigenvalue weighted by atomic mass is 16.3. The second-order valence-corrected chi connectivity index (χ2v) is 17.0. The van der Waals surface area contributed by atoms with Crippen molar-refractivity contribution in [2.75, 3.05) is 13.1 Å². The van der Waals surface area contributed by atoms with Gasteiger partial charge in [0, 0.05) is 6.54 Å². The first kappa shape index (κ1) is 31.6. The van der Waals surface area contributed by atoms with E-state index in [1.807, 2.05) is 0 Å². The predicted molar refractivity (Wildman–Crippen MR) is 170 cm³/mol. The van der Waals surface area contributed by atoms with Crippen LogP contribution in [0.3, 0.4) is 0 Å². The van der Waals surface area contributed by atoms with Gasteiger partial charge in [0.1, 0.15) is 0 Å². The average Bonchev–Trinajstić information content (AvgIpc) is 3.32. The molecule has 0 bridgehead atoms. The van der Waals surface area contributed by atoms with Crippen molar-refractivity contribution in [1.29, 1.82) is 0 Å². The quantitative estimate of drug-likeness (QED) is 0.195. The Kier molecular flexibility index (Phi) is 8.65. The van der Waals surface area contributed by atoms with Gasteiger partial charge in [0.25, 0.3) is 0 Å². The number of allylic oxidation sites excluding steroid dienone is 1. The van der Waals surface area contributed by atoms with Gasteiger partial charge in [-0.1, -0.05) is 66.0 Å². The van der Waals surface area contributed by atoms with Crippen molar-refractivity contribution in [1.82, 2.24) is 5.32 Å². The van der Waals surface area contributed by atoms with Crippen molar-refractivity contribution in [3.05, 3.63) is 12.2 Å². The van der Waals surface area contributed by atoms with E-state index in [0.29, 0.717) is 40.9 Å². The number of amides is 1. The molecule has 0 aliphatic heterocycles. The topological polar surface area (TPSA) is 75.4 Å². The third-order valence-electron chi connectivity index (χ3n) is 15.2. The van der Waals surface area contributed by atoms with Gasteiger partial charge >= 0.3 is 0 Å². The number of carbonyl (C=O) groups excluding carboxylic acids is 1. The van der Waals surface area contributed by atoms with Crippen LogP contribution < -0.4 is 11.1 Å². The normalized spacial score (nSPS) is 46.5. The average molecular weight is 569 g/mol. The molecule has 5 fully saturated rings. The van der Waals surface area contributed by atoms with Crippen LogP contribution in [0.4, 0.5) is 0 Å². The number of nitrogens with one attached hydrogen (secondary N) is 1. The summed E-state index contributed by atoms with van der Waals surface area (Å²) in [6, 6.07) is 0. The zero-order valence-corrected chi connectivity index (χ0v) is 27.6. The zero-order chi connectivity index (χ0) is 29.8. The van der Waals surface area contributed by atoms with Gasteiger partial charge in [0.05, 0.1) is 11.5 Å². The van der Waals surface area contributed by atoms with E-state index in [-0.39, 0.29) is 27.8 Å². The number of rotatable bonds is 9. The second kappa shape index (κ2) is 11.2. The molecule has 0 heterocycles. The maximum Gasteiger partial charge on any atom is 0.226 e. The minimum absolute atomic E-state index is 0.00714. The van der Waals surface area contributed by atoms with Gasteiger partial charge in [-0.15, -0.1) is 0 Å². The van der Waals surface area contributed by atoms with Gasteiger partial charge in [-0.05, 0) is 142 Å². The lowest BCUT2D eigenvalue weighted by atomic mass is 9.32. The fraction of sp³-hybridized carbons (Fsp3) is 0.919. The minimum Gasteiger partial charge on any atom is -0.393 e. The first-order valence-electron chi connectivity index (χ1n) is 17.6. The zero-order valence-electron chi connectivity index (χ0n) is 27.6. The highest BCUT2D eigenvalue weighted by Gasteiger charge is 2.71. The molecular weight excluding hydrogens is 504 g/mol. The molecule has 4 nitrogen and oxygen atoms in total. The third-order valence-corrected chi connectivity index (χ3v) is 15.2. The lowest BCUT2D eigenvalue weighted by Gasteiger charge is -2.72. The summed E-state index contributed by atoms with van der Waals surface area (Å²) < 4.78 is 0. The van der Waals surface area contributed by atoms with Gasteiger partial charge in [-0.3, -0.25) is 4.79 Å². The van der Waals surface area contributed by atoms with E-state index < -0.39 is 0 Å². The van der Waals surface area contributed by atoms with E-state index in [2.05, 4.69) is 53.4 Å². The second-order valence-electron chi connectivity index (χ2n) is 17.0. The van der Waals surface area contributed by atoms with Crippen LogP contribution in [-0.2, 0) is 4.79 Å². The monoisotopic (exact) mass is 568 g/mol. The number of unbranched alkanes of at least 4 members (excludes halogenated alkanes) is 4. The maximum absolute atomic E-state index is 14.2. The Bertz CT molecular complexity index is 991. The number of carbonyl (C=O) groups is 1. The molecular formula is C37H64N2O2. The van der Waals surface area contributed by atoms with E-state index in [0.717, 1.165) is 51.6 Å². The molecule has 0 aromatic heterocycles. The Balaban J connectivity index is 1.39. The molecule has 0 aromatic rings. The number of hydrogen-bond donors (Lipinski definition) is 3. The van der Waals surface area contributed by atoms with Gasteiger partial charge < -0.3 is 16.2 Å².